The number of aromatic nitrogens is 3. The zero-order chi connectivity index (χ0) is 23.5. The van der Waals surface area contributed by atoms with E-state index in [0.717, 1.165) is 11.6 Å². The fourth-order valence-electron chi connectivity index (χ4n) is 3.27. The number of methoxy groups -OCH3 is 3. The highest BCUT2D eigenvalue weighted by molar-refractivity contribution is 6.04. The number of benzene rings is 2. The lowest BCUT2D eigenvalue weighted by molar-refractivity contribution is 0.0600. The number of rotatable bonds is 6. The van der Waals surface area contributed by atoms with E-state index < -0.39 is 17.7 Å². The van der Waals surface area contributed by atoms with Gasteiger partial charge in [-0.15, -0.1) is 0 Å². The van der Waals surface area contributed by atoms with Crippen molar-refractivity contribution in [3.8, 4) is 22.8 Å². The van der Waals surface area contributed by atoms with Gasteiger partial charge in [0.25, 0.3) is 5.91 Å². The number of nitrogens with zero attached hydrogens (tertiary/aromatic N) is 3. The fourth-order valence-corrected chi connectivity index (χ4v) is 3.27. The van der Waals surface area contributed by atoms with E-state index in [4.69, 9.17) is 9.47 Å². The third-order valence-electron chi connectivity index (χ3n) is 4.91. The topological polar surface area (TPSA) is 104 Å². The maximum Gasteiger partial charge on any atom is 0.337 e. The van der Waals surface area contributed by atoms with Gasteiger partial charge >= 0.3 is 5.97 Å². The van der Waals surface area contributed by atoms with Gasteiger partial charge in [-0.25, -0.2) is 18.7 Å². The Kier molecular flexibility index (Phi) is 5.90. The quantitative estimate of drug-likeness (QED) is 0.448. The summed E-state index contributed by atoms with van der Waals surface area (Å²) in [5.41, 5.74) is 1.82. The molecule has 1 amide bonds. The minimum atomic E-state index is -0.779. The molecule has 10 heteroatoms. The van der Waals surface area contributed by atoms with Crippen LogP contribution in [-0.4, -0.2) is 47.8 Å². The van der Waals surface area contributed by atoms with Crippen LogP contribution in [0.25, 0.3) is 16.9 Å². The number of halogens is 1. The van der Waals surface area contributed by atoms with Crippen LogP contribution in [0, 0.1) is 5.82 Å². The third kappa shape index (κ3) is 4.18. The molecule has 0 saturated carbocycles. The number of hydrogen-bond donors (Lipinski definition) is 1. The number of carbonyl (C=O) groups is 2. The largest absolute Gasteiger partial charge is 0.493 e. The SMILES string of the molecule is COC(=O)c1ccc(NC(=O)c2cc3nccc(-c4ccc(OC)c(OC)c4)n3n2)c(F)c1. The second-order valence-corrected chi connectivity index (χ2v) is 6.84. The molecule has 0 saturated heterocycles. The monoisotopic (exact) mass is 450 g/mol. The first-order valence-corrected chi connectivity index (χ1v) is 9.71. The molecular weight excluding hydrogens is 431 g/mol. The molecule has 0 unspecified atom stereocenters. The minimum Gasteiger partial charge on any atom is -0.493 e. The predicted octanol–water partition coefficient (Wildman–Crippen LogP) is 3.59. The standard InChI is InChI=1S/C23H19FN4O5/c1-31-19-7-5-13(11-20(19)32-2)18-8-9-25-21-12-17(27-28(18)21)22(29)26-16-6-4-14(10-15(16)24)23(30)33-3/h4-12H,1-3H3,(H,26,29). The number of carbonyl (C=O) groups excluding carboxylic acids is 2. The molecule has 0 aliphatic heterocycles. The van der Waals surface area contributed by atoms with Crippen LogP contribution in [0.3, 0.4) is 0 Å². The number of fused-ring (bicyclic) bond motifs is 1. The number of hydrogen-bond acceptors (Lipinski definition) is 7. The normalized spacial score (nSPS) is 10.7. The highest BCUT2D eigenvalue weighted by Crippen LogP contribution is 2.32. The molecule has 2 aromatic heterocycles. The van der Waals surface area contributed by atoms with Gasteiger partial charge in [0.05, 0.1) is 38.3 Å². The van der Waals surface area contributed by atoms with Crippen molar-refractivity contribution in [1.82, 2.24) is 14.6 Å². The van der Waals surface area contributed by atoms with Crippen molar-refractivity contribution >= 4 is 23.2 Å². The molecule has 2 heterocycles. The first kappa shape index (κ1) is 21.8. The Bertz CT molecular complexity index is 1370. The summed E-state index contributed by atoms with van der Waals surface area (Å²) in [4.78, 5) is 28.5. The molecule has 168 valence electrons. The van der Waals surface area contributed by atoms with E-state index in [1.165, 1.54) is 36.9 Å². The van der Waals surface area contributed by atoms with Crippen molar-refractivity contribution in [2.24, 2.45) is 0 Å². The number of amides is 1. The van der Waals surface area contributed by atoms with E-state index in [2.05, 4.69) is 20.1 Å². The van der Waals surface area contributed by atoms with E-state index >= 15 is 0 Å². The van der Waals surface area contributed by atoms with E-state index in [-0.39, 0.29) is 16.9 Å². The van der Waals surface area contributed by atoms with Crippen LogP contribution in [0.2, 0.25) is 0 Å². The molecule has 33 heavy (non-hydrogen) atoms. The minimum absolute atomic E-state index is 0.0319. The predicted molar refractivity (Wildman–Crippen MR) is 117 cm³/mol. The molecule has 0 fully saturated rings. The molecule has 0 aliphatic carbocycles. The molecule has 0 atom stereocenters. The summed E-state index contributed by atoms with van der Waals surface area (Å²) in [6.45, 7) is 0. The summed E-state index contributed by atoms with van der Waals surface area (Å²) in [6, 6.07) is 12.2. The molecule has 2 aromatic carbocycles. The molecule has 4 aromatic rings. The molecule has 0 bridgehead atoms. The Balaban J connectivity index is 1.65. The van der Waals surface area contributed by atoms with Crippen LogP contribution in [0.15, 0.2) is 54.7 Å². The number of esters is 1. The van der Waals surface area contributed by atoms with Gasteiger partial charge in [0.2, 0.25) is 0 Å². The van der Waals surface area contributed by atoms with Crippen LogP contribution in [-0.2, 0) is 4.74 Å². The zero-order valence-electron chi connectivity index (χ0n) is 18.0. The van der Waals surface area contributed by atoms with Gasteiger partial charge in [0.1, 0.15) is 5.82 Å². The first-order chi connectivity index (χ1) is 15.9. The molecule has 0 radical (unpaired) electrons. The molecule has 4 rings (SSSR count). The lowest BCUT2D eigenvalue weighted by Gasteiger charge is -2.10. The van der Waals surface area contributed by atoms with Crippen molar-refractivity contribution in [3.63, 3.8) is 0 Å². The second-order valence-electron chi connectivity index (χ2n) is 6.84. The third-order valence-corrected chi connectivity index (χ3v) is 4.91. The van der Waals surface area contributed by atoms with Gasteiger partial charge < -0.3 is 19.5 Å². The van der Waals surface area contributed by atoms with Crippen molar-refractivity contribution in [1.29, 1.82) is 0 Å². The molecular formula is C23H19FN4O5. The number of anilines is 1. The van der Waals surface area contributed by atoms with Crippen LogP contribution in [0.5, 0.6) is 11.5 Å². The van der Waals surface area contributed by atoms with Gasteiger partial charge in [-0.1, -0.05) is 0 Å². The summed E-state index contributed by atoms with van der Waals surface area (Å²) in [6.07, 6.45) is 1.59. The van der Waals surface area contributed by atoms with Crippen LogP contribution < -0.4 is 14.8 Å². The first-order valence-electron chi connectivity index (χ1n) is 9.71. The van der Waals surface area contributed by atoms with E-state index in [1.54, 1.807) is 31.5 Å². The Hall–Kier alpha value is -4.47. The lowest BCUT2D eigenvalue weighted by atomic mass is 10.1. The maximum absolute atomic E-state index is 14.4. The van der Waals surface area contributed by atoms with Crippen LogP contribution in [0.1, 0.15) is 20.8 Å². The Morgan fingerprint density at radius 2 is 1.76 bits per heavy atom. The van der Waals surface area contributed by atoms with Gasteiger partial charge in [0, 0.05) is 17.8 Å². The van der Waals surface area contributed by atoms with Gasteiger partial charge in [0.15, 0.2) is 22.8 Å². The average Bonchev–Trinajstić information content (AvgIpc) is 3.29. The van der Waals surface area contributed by atoms with Gasteiger partial charge in [-0.3, -0.25) is 4.79 Å². The van der Waals surface area contributed by atoms with E-state index in [1.807, 2.05) is 6.07 Å². The van der Waals surface area contributed by atoms with Gasteiger partial charge in [-0.2, -0.15) is 5.10 Å². The molecule has 1 N–H and O–H groups in total. The summed E-state index contributed by atoms with van der Waals surface area (Å²) >= 11 is 0. The average molecular weight is 450 g/mol. The lowest BCUT2D eigenvalue weighted by Crippen LogP contribution is -2.14. The van der Waals surface area contributed by atoms with Crippen molar-refractivity contribution in [2.45, 2.75) is 0 Å². The second kappa shape index (κ2) is 8.95. The van der Waals surface area contributed by atoms with E-state index in [0.29, 0.717) is 22.8 Å². The van der Waals surface area contributed by atoms with Gasteiger partial charge in [-0.05, 0) is 42.5 Å². The smallest absolute Gasteiger partial charge is 0.337 e. The summed E-state index contributed by atoms with van der Waals surface area (Å²) in [5, 5.41) is 6.80. The Morgan fingerprint density at radius 3 is 2.45 bits per heavy atom. The van der Waals surface area contributed by atoms with Crippen molar-refractivity contribution < 1.29 is 28.2 Å². The van der Waals surface area contributed by atoms with Crippen molar-refractivity contribution in [2.75, 3.05) is 26.6 Å². The van der Waals surface area contributed by atoms with Crippen LogP contribution >= 0.6 is 0 Å². The Labute approximate surface area is 187 Å². The summed E-state index contributed by atoms with van der Waals surface area (Å²) in [7, 11) is 4.28. The number of nitrogens with one attached hydrogen (secondary N) is 1. The maximum atomic E-state index is 14.4. The highest BCUT2D eigenvalue weighted by Gasteiger charge is 2.17. The zero-order valence-corrected chi connectivity index (χ0v) is 18.0. The van der Waals surface area contributed by atoms with E-state index in [9.17, 15) is 14.0 Å². The highest BCUT2D eigenvalue weighted by atomic mass is 19.1. The van der Waals surface area contributed by atoms with Crippen molar-refractivity contribution in [3.05, 3.63) is 71.8 Å². The molecule has 0 spiro atoms. The molecule has 0 aliphatic rings. The van der Waals surface area contributed by atoms with Crippen LogP contribution in [0.4, 0.5) is 10.1 Å². The number of ether oxygens (including phenoxy) is 3. The molecule has 9 nitrogen and oxygen atoms in total. The fraction of sp³-hybridized carbons (Fsp3) is 0.130. The summed E-state index contributed by atoms with van der Waals surface area (Å²) < 4.78 is 31.1. The summed E-state index contributed by atoms with van der Waals surface area (Å²) in [5.74, 6) is -0.980. The Morgan fingerprint density at radius 1 is 0.970 bits per heavy atom.